The van der Waals surface area contributed by atoms with Crippen molar-refractivity contribution in [3.8, 4) is 11.5 Å². The van der Waals surface area contributed by atoms with Crippen molar-refractivity contribution < 1.29 is 23.8 Å². The number of amides is 1. The van der Waals surface area contributed by atoms with Crippen LogP contribution < -0.4 is 9.47 Å². The molecule has 0 unspecified atom stereocenters. The Morgan fingerprint density at radius 2 is 1.88 bits per heavy atom. The van der Waals surface area contributed by atoms with Gasteiger partial charge in [-0.2, -0.15) is 0 Å². The Labute approximate surface area is 145 Å². The number of para-hydroxylation sites is 2. The lowest BCUT2D eigenvalue weighted by atomic mass is 10.0. The maximum atomic E-state index is 13.1. The van der Waals surface area contributed by atoms with Crippen LogP contribution in [-0.2, 0) is 4.79 Å². The number of β-amino-alcohol motifs (C(OH)–C–C–N with tert-alkyl or cyclic N) is 1. The largest absolute Gasteiger partial charge is 0.493 e. The van der Waals surface area contributed by atoms with Crippen LogP contribution >= 0.6 is 0 Å². The summed E-state index contributed by atoms with van der Waals surface area (Å²) in [5.41, 5.74) is 0.795. The number of likely N-dealkylation sites (tertiary alicyclic amines) is 1. The standard InChI is InChI=1S/C19H20FNO4/c1-24-17-4-2-3-5-18(17)25-12-19(23)21-11-15(22)10-16(21)13-6-8-14(20)9-7-13/h2-9,15-16,22H,10-12H2,1H3/t15-,16-/m0/s1. The summed E-state index contributed by atoms with van der Waals surface area (Å²) < 4.78 is 23.9. The molecule has 1 fully saturated rings. The van der Waals surface area contributed by atoms with Crippen LogP contribution in [0.5, 0.6) is 11.5 Å². The highest BCUT2D eigenvalue weighted by atomic mass is 19.1. The highest BCUT2D eigenvalue weighted by Gasteiger charge is 2.35. The summed E-state index contributed by atoms with van der Waals surface area (Å²) in [6.45, 7) is 0.0704. The topological polar surface area (TPSA) is 59.0 Å². The predicted molar refractivity (Wildman–Crippen MR) is 90.0 cm³/mol. The first-order valence-corrected chi connectivity index (χ1v) is 8.07. The summed E-state index contributed by atoms with van der Waals surface area (Å²) in [6, 6.07) is 12.8. The van der Waals surface area contributed by atoms with Crippen molar-refractivity contribution in [2.75, 3.05) is 20.3 Å². The van der Waals surface area contributed by atoms with Crippen LogP contribution in [0.2, 0.25) is 0 Å². The van der Waals surface area contributed by atoms with Crippen molar-refractivity contribution in [3.05, 3.63) is 59.9 Å². The fraction of sp³-hybridized carbons (Fsp3) is 0.316. The Kier molecular flexibility index (Phi) is 5.19. The van der Waals surface area contributed by atoms with Gasteiger partial charge in [-0.1, -0.05) is 24.3 Å². The van der Waals surface area contributed by atoms with E-state index in [0.29, 0.717) is 17.9 Å². The van der Waals surface area contributed by atoms with Crippen LogP contribution in [0.4, 0.5) is 4.39 Å². The molecule has 2 atom stereocenters. The molecule has 0 radical (unpaired) electrons. The van der Waals surface area contributed by atoms with Crippen LogP contribution in [0, 0.1) is 5.82 Å². The van der Waals surface area contributed by atoms with Crippen LogP contribution in [0.15, 0.2) is 48.5 Å². The molecule has 1 amide bonds. The molecule has 0 spiro atoms. The SMILES string of the molecule is COc1ccccc1OCC(=O)N1C[C@@H](O)C[C@H]1c1ccc(F)cc1. The molecule has 0 aliphatic carbocycles. The van der Waals surface area contributed by atoms with Crippen molar-refractivity contribution in [1.82, 2.24) is 4.90 Å². The van der Waals surface area contributed by atoms with Crippen LogP contribution in [0.1, 0.15) is 18.0 Å². The molecule has 0 aromatic heterocycles. The number of hydrogen-bond acceptors (Lipinski definition) is 4. The quantitative estimate of drug-likeness (QED) is 0.905. The van der Waals surface area contributed by atoms with Gasteiger partial charge < -0.3 is 19.5 Å². The molecule has 2 aromatic carbocycles. The monoisotopic (exact) mass is 345 g/mol. The molecule has 1 aliphatic heterocycles. The molecule has 1 N–H and O–H groups in total. The van der Waals surface area contributed by atoms with Crippen molar-refractivity contribution >= 4 is 5.91 Å². The molecule has 1 heterocycles. The van der Waals surface area contributed by atoms with Crippen LogP contribution in [0.3, 0.4) is 0 Å². The van der Waals surface area contributed by atoms with Crippen molar-refractivity contribution in [1.29, 1.82) is 0 Å². The summed E-state index contributed by atoms with van der Waals surface area (Å²) in [6.07, 6.45) is -0.184. The number of rotatable bonds is 5. The minimum absolute atomic E-state index is 0.162. The highest BCUT2D eigenvalue weighted by Crippen LogP contribution is 2.33. The van der Waals surface area contributed by atoms with Gasteiger partial charge in [0.1, 0.15) is 5.82 Å². The van der Waals surface area contributed by atoms with Crippen molar-refractivity contribution in [2.24, 2.45) is 0 Å². The number of methoxy groups -OCH3 is 1. The molecule has 0 saturated carbocycles. The molecule has 5 nitrogen and oxygen atoms in total. The van der Waals surface area contributed by atoms with Gasteiger partial charge in [0.05, 0.1) is 19.3 Å². The molecule has 6 heteroatoms. The van der Waals surface area contributed by atoms with Gasteiger partial charge in [0.2, 0.25) is 0 Å². The van der Waals surface area contributed by atoms with Gasteiger partial charge in [-0.15, -0.1) is 0 Å². The molecule has 3 rings (SSSR count). The zero-order valence-electron chi connectivity index (χ0n) is 13.9. The average molecular weight is 345 g/mol. The number of aliphatic hydroxyl groups excluding tert-OH is 1. The lowest BCUT2D eigenvalue weighted by Gasteiger charge is -2.25. The first kappa shape index (κ1) is 17.2. The zero-order chi connectivity index (χ0) is 17.8. The Morgan fingerprint density at radius 1 is 1.20 bits per heavy atom. The predicted octanol–water partition coefficient (Wildman–Crippen LogP) is 2.55. The van der Waals surface area contributed by atoms with E-state index in [0.717, 1.165) is 5.56 Å². The second-order valence-corrected chi connectivity index (χ2v) is 5.94. The van der Waals surface area contributed by atoms with E-state index in [2.05, 4.69) is 0 Å². The second kappa shape index (κ2) is 7.53. The van der Waals surface area contributed by atoms with Gasteiger partial charge in [0.25, 0.3) is 5.91 Å². The molecule has 132 valence electrons. The fourth-order valence-corrected chi connectivity index (χ4v) is 3.05. The average Bonchev–Trinajstić information content (AvgIpc) is 3.02. The maximum absolute atomic E-state index is 13.1. The van der Waals surface area contributed by atoms with Gasteiger partial charge >= 0.3 is 0 Å². The van der Waals surface area contributed by atoms with Crippen molar-refractivity contribution in [3.63, 3.8) is 0 Å². The van der Waals surface area contributed by atoms with E-state index in [1.54, 1.807) is 35.2 Å². The van der Waals surface area contributed by atoms with E-state index in [9.17, 15) is 14.3 Å². The maximum Gasteiger partial charge on any atom is 0.261 e. The lowest BCUT2D eigenvalue weighted by molar-refractivity contribution is -0.134. The minimum atomic E-state index is -0.606. The van der Waals surface area contributed by atoms with Crippen LogP contribution in [-0.4, -0.2) is 42.3 Å². The molecule has 1 saturated heterocycles. The van der Waals surface area contributed by atoms with E-state index in [1.807, 2.05) is 6.07 Å². The normalized spacial score (nSPS) is 19.7. The van der Waals surface area contributed by atoms with Gasteiger partial charge in [-0.25, -0.2) is 4.39 Å². The number of ether oxygens (including phenoxy) is 2. The third kappa shape index (κ3) is 3.91. The second-order valence-electron chi connectivity index (χ2n) is 5.94. The summed E-state index contributed by atoms with van der Waals surface area (Å²) in [4.78, 5) is 14.2. The Hall–Kier alpha value is -2.60. The summed E-state index contributed by atoms with van der Waals surface area (Å²) in [5, 5.41) is 9.97. The Morgan fingerprint density at radius 3 is 2.56 bits per heavy atom. The zero-order valence-corrected chi connectivity index (χ0v) is 13.9. The first-order valence-electron chi connectivity index (χ1n) is 8.07. The van der Waals surface area contributed by atoms with E-state index >= 15 is 0 Å². The number of nitrogens with zero attached hydrogens (tertiary/aromatic N) is 1. The number of benzene rings is 2. The van der Waals surface area contributed by atoms with E-state index in [1.165, 1.54) is 19.2 Å². The lowest BCUT2D eigenvalue weighted by Crippen LogP contribution is -2.35. The smallest absolute Gasteiger partial charge is 0.261 e. The molecule has 1 aliphatic rings. The number of hydrogen-bond donors (Lipinski definition) is 1. The fourth-order valence-electron chi connectivity index (χ4n) is 3.05. The number of aliphatic hydroxyl groups is 1. The Balaban J connectivity index is 1.70. The third-order valence-electron chi connectivity index (χ3n) is 4.27. The molecule has 2 aromatic rings. The van der Waals surface area contributed by atoms with Gasteiger partial charge in [-0.3, -0.25) is 4.79 Å². The minimum Gasteiger partial charge on any atom is -0.493 e. The van der Waals surface area contributed by atoms with Gasteiger partial charge in [0.15, 0.2) is 18.1 Å². The highest BCUT2D eigenvalue weighted by molar-refractivity contribution is 5.78. The van der Waals surface area contributed by atoms with Crippen LogP contribution in [0.25, 0.3) is 0 Å². The van der Waals surface area contributed by atoms with Crippen molar-refractivity contribution in [2.45, 2.75) is 18.6 Å². The summed E-state index contributed by atoms with van der Waals surface area (Å²) in [5.74, 6) is 0.458. The molecule has 0 bridgehead atoms. The molecular formula is C19H20FNO4. The first-order chi connectivity index (χ1) is 12.1. The number of carbonyl (C=O) groups excluding carboxylic acids is 1. The van der Waals surface area contributed by atoms with E-state index in [4.69, 9.17) is 9.47 Å². The summed E-state index contributed by atoms with van der Waals surface area (Å²) in [7, 11) is 1.53. The molecular weight excluding hydrogens is 325 g/mol. The molecule has 25 heavy (non-hydrogen) atoms. The van der Waals surface area contributed by atoms with Gasteiger partial charge in [-0.05, 0) is 36.2 Å². The van der Waals surface area contributed by atoms with E-state index in [-0.39, 0.29) is 30.9 Å². The Bertz CT molecular complexity index is 734. The number of carbonyl (C=O) groups is 1. The number of halogens is 1. The summed E-state index contributed by atoms with van der Waals surface area (Å²) >= 11 is 0. The van der Waals surface area contributed by atoms with E-state index < -0.39 is 6.10 Å². The van der Waals surface area contributed by atoms with Gasteiger partial charge in [0, 0.05) is 6.54 Å². The third-order valence-corrected chi connectivity index (χ3v) is 4.27.